The van der Waals surface area contributed by atoms with Gasteiger partial charge in [-0.05, 0) is 69.5 Å². The predicted octanol–water partition coefficient (Wildman–Crippen LogP) is 5.02. The molecule has 2 heterocycles. The van der Waals surface area contributed by atoms with E-state index in [-0.39, 0.29) is 24.9 Å². The number of ether oxygens (including phenoxy) is 4. The monoisotopic (exact) mass is 575 g/mol. The molecule has 3 aromatic carbocycles. The van der Waals surface area contributed by atoms with Crippen molar-refractivity contribution in [1.82, 2.24) is 4.90 Å². The minimum absolute atomic E-state index is 0.0705. The molecule has 0 saturated carbocycles. The molecule has 0 radical (unpaired) electrons. The number of hydrogen-bond donors (Lipinski definition) is 0. The van der Waals surface area contributed by atoms with Crippen molar-refractivity contribution in [2.75, 3.05) is 45.0 Å². The highest BCUT2D eigenvalue weighted by Crippen LogP contribution is 2.39. The van der Waals surface area contributed by atoms with E-state index in [9.17, 15) is 10.1 Å². The summed E-state index contributed by atoms with van der Waals surface area (Å²) in [4.78, 5) is 17.1. The van der Waals surface area contributed by atoms with Crippen LogP contribution in [-0.2, 0) is 11.4 Å². The number of nitrogens with zero attached hydrogens (tertiary/aromatic N) is 3. The first-order valence-corrected chi connectivity index (χ1v) is 12.9. The van der Waals surface area contributed by atoms with Crippen LogP contribution in [-0.4, -0.2) is 50.9 Å². The van der Waals surface area contributed by atoms with E-state index in [2.05, 4.69) is 39.0 Å². The highest BCUT2D eigenvalue weighted by molar-refractivity contribution is 9.10. The van der Waals surface area contributed by atoms with E-state index in [0.29, 0.717) is 59.2 Å². The molecule has 0 unspecified atom stereocenters. The van der Waals surface area contributed by atoms with Crippen molar-refractivity contribution >= 4 is 33.6 Å². The molecule has 0 aromatic heterocycles. The lowest BCUT2D eigenvalue weighted by molar-refractivity contribution is -0.126. The fraction of sp³-hybridized carbons (Fsp3) is 0.241. The highest BCUT2D eigenvalue weighted by Gasteiger charge is 2.24. The van der Waals surface area contributed by atoms with Crippen LogP contribution in [0.2, 0.25) is 0 Å². The van der Waals surface area contributed by atoms with Crippen LogP contribution in [0.5, 0.6) is 23.0 Å². The molecule has 0 N–H and O–H groups in total. The second-order valence-corrected chi connectivity index (χ2v) is 9.65. The number of rotatable bonds is 7. The second kappa shape index (κ2) is 11.5. The molecule has 5 rings (SSSR count). The number of halogens is 1. The summed E-state index contributed by atoms with van der Waals surface area (Å²) in [6.45, 7) is 3.02. The van der Waals surface area contributed by atoms with Crippen LogP contribution in [0.15, 0.2) is 70.7 Å². The fourth-order valence-corrected chi connectivity index (χ4v) is 5.01. The van der Waals surface area contributed by atoms with Gasteiger partial charge in [0.05, 0.1) is 11.6 Å². The molecule has 1 saturated heterocycles. The minimum Gasteiger partial charge on any atom is -0.493 e. The Kier molecular flexibility index (Phi) is 7.70. The number of carbonyl (C=O) groups excluding carboxylic acids is 1. The normalized spacial score (nSPS) is 14.7. The lowest BCUT2D eigenvalue weighted by Crippen LogP contribution is -2.49. The summed E-state index contributed by atoms with van der Waals surface area (Å²) < 4.78 is 23.0. The van der Waals surface area contributed by atoms with Gasteiger partial charge in [0.1, 0.15) is 18.2 Å². The van der Waals surface area contributed by atoms with Gasteiger partial charge >= 0.3 is 0 Å². The average Bonchev–Trinajstić information content (AvgIpc) is 3.43. The molecule has 194 valence electrons. The largest absolute Gasteiger partial charge is 0.493 e. The van der Waals surface area contributed by atoms with Gasteiger partial charge in [0.15, 0.2) is 23.0 Å². The standard InChI is InChI=1S/C29H26BrN3O5/c1-35-27-16-21(14-24(30)28(27)36-18-20-7-8-25-26(15-20)38-19-37-25)13-22(17-31)29(34)33-11-9-32(10-12-33)23-5-3-2-4-6-23/h2-8,13-16H,9-12,18-19H2,1H3/b22-13-. The van der Waals surface area contributed by atoms with Gasteiger partial charge in [-0.25, -0.2) is 0 Å². The molecule has 0 bridgehead atoms. The molecule has 0 atom stereocenters. The number of amides is 1. The third kappa shape index (κ3) is 5.55. The van der Waals surface area contributed by atoms with Gasteiger partial charge in [-0.2, -0.15) is 5.26 Å². The first-order chi connectivity index (χ1) is 18.6. The van der Waals surface area contributed by atoms with Crippen LogP contribution in [0.4, 0.5) is 5.69 Å². The third-order valence-corrected chi connectivity index (χ3v) is 7.01. The van der Waals surface area contributed by atoms with Crippen molar-refractivity contribution < 1.29 is 23.7 Å². The number of fused-ring (bicyclic) bond motifs is 1. The summed E-state index contributed by atoms with van der Waals surface area (Å²) in [5.41, 5.74) is 2.77. The van der Waals surface area contributed by atoms with E-state index in [1.165, 1.54) is 0 Å². The Morgan fingerprint density at radius 2 is 1.82 bits per heavy atom. The van der Waals surface area contributed by atoms with Crippen LogP contribution < -0.4 is 23.8 Å². The number of piperazine rings is 1. The van der Waals surface area contributed by atoms with Crippen molar-refractivity contribution in [3.63, 3.8) is 0 Å². The lowest BCUT2D eigenvalue weighted by atomic mass is 10.1. The number of benzene rings is 3. The van der Waals surface area contributed by atoms with Gasteiger partial charge in [0.2, 0.25) is 6.79 Å². The molecule has 3 aromatic rings. The van der Waals surface area contributed by atoms with E-state index in [4.69, 9.17) is 18.9 Å². The Bertz CT molecular complexity index is 1400. The van der Waals surface area contributed by atoms with Crippen molar-refractivity contribution in [1.29, 1.82) is 5.26 Å². The van der Waals surface area contributed by atoms with Crippen LogP contribution in [0.25, 0.3) is 6.08 Å². The molecule has 2 aliphatic heterocycles. The highest BCUT2D eigenvalue weighted by atomic mass is 79.9. The number of para-hydroxylation sites is 1. The van der Waals surface area contributed by atoms with Crippen molar-refractivity contribution in [2.45, 2.75) is 6.61 Å². The quantitative estimate of drug-likeness (QED) is 0.289. The maximum absolute atomic E-state index is 13.2. The summed E-state index contributed by atoms with van der Waals surface area (Å²) in [6.07, 6.45) is 1.58. The van der Waals surface area contributed by atoms with E-state index in [1.807, 2.05) is 36.4 Å². The van der Waals surface area contributed by atoms with Gasteiger partial charge in [0.25, 0.3) is 5.91 Å². The predicted molar refractivity (Wildman–Crippen MR) is 146 cm³/mol. The number of nitriles is 1. The van der Waals surface area contributed by atoms with Gasteiger partial charge < -0.3 is 28.7 Å². The molecule has 2 aliphatic rings. The summed E-state index contributed by atoms with van der Waals surface area (Å²) in [7, 11) is 1.55. The van der Waals surface area contributed by atoms with Crippen LogP contribution in [0, 0.1) is 11.3 Å². The number of methoxy groups -OCH3 is 1. The molecule has 38 heavy (non-hydrogen) atoms. The lowest BCUT2D eigenvalue weighted by Gasteiger charge is -2.36. The minimum atomic E-state index is -0.279. The molecular weight excluding hydrogens is 550 g/mol. The molecule has 0 spiro atoms. The van der Waals surface area contributed by atoms with Gasteiger partial charge in [-0.3, -0.25) is 4.79 Å². The van der Waals surface area contributed by atoms with Crippen molar-refractivity contribution in [2.24, 2.45) is 0 Å². The Morgan fingerprint density at radius 1 is 1.05 bits per heavy atom. The van der Waals surface area contributed by atoms with Crippen LogP contribution in [0.3, 0.4) is 0 Å². The number of carbonyl (C=O) groups is 1. The second-order valence-electron chi connectivity index (χ2n) is 8.80. The molecular formula is C29H26BrN3O5. The van der Waals surface area contributed by atoms with Gasteiger partial charge in [0, 0.05) is 31.9 Å². The zero-order valence-electron chi connectivity index (χ0n) is 20.9. The summed E-state index contributed by atoms with van der Waals surface area (Å²) in [5.74, 6) is 2.12. The van der Waals surface area contributed by atoms with Gasteiger partial charge in [-0.1, -0.05) is 24.3 Å². The zero-order chi connectivity index (χ0) is 26.5. The Labute approximate surface area is 229 Å². The summed E-state index contributed by atoms with van der Waals surface area (Å²) in [6, 6.07) is 21.4. The number of anilines is 1. The molecule has 1 fully saturated rings. The maximum atomic E-state index is 13.2. The Hall–Kier alpha value is -4.16. The van der Waals surface area contributed by atoms with E-state index < -0.39 is 0 Å². The molecule has 1 amide bonds. The van der Waals surface area contributed by atoms with Gasteiger partial charge in [-0.15, -0.1) is 0 Å². The molecule has 8 nitrogen and oxygen atoms in total. The van der Waals surface area contributed by atoms with Crippen LogP contribution in [0.1, 0.15) is 11.1 Å². The SMILES string of the molecule is COc1cc(/C=C(/C#N)C(=O)N2CCN(c3ccccc3)CC2)cc(Br)c1OCc1ccc2c(c1)OCO2. The van der Waals surface area contributed by atoms with Crippen LogP contribution >= 0.6 is 15.9 Å². The zero-order valence-corrected chi connectivity index (χ0v) is 22.4. The summed E-state index contributed by atoms with van der Waals surface area (Å²) in [5, 5.41) is 9.78. The first kappa shape index (κ1) is 25.5. The smallest absolute Gasteiger partial charge is 0.264 e. The Balaban J connectivity index is 1.27. The van der Waals surface area contributed by atoms with E-state index >= 15 is 0 Å². The summed E-state index contributed by atoms with van der Waals surface area (Å²) >= 11 is 3.55. The molecule has 9 heteroatoms. The topological polar surface area (TPSA) is 84.3 Å². The first-order valence-electron chi connectivity index (χ1n) is 12.2. The number of hydrogen-bond acceptors (Lipinski definition) is 7. The van der Waals surface area contributed by atoms with Crippen molar-refractivity contribution in [3.8, 4) is 29.1 Å². The van der Waals surface area contributed by atoms with Crippen molar-refractivity contribution in [3.05, 3.63) is 81.8 Å². The average molecular weight is 576 g/mol. The maximum Gasteiger partial charge on any atom is 0.264 e. The third-order valence-electron chi connectivity index (χ3n) is 6.42. The van der Waals surface area contributed by atoms with E-state index in [0.717, 1.165) is 11.3 Å². The molecule has 0 aliphatic carbocycles. The van der Waals surface area contributed by atoms with E-state index in [1.54, 1.807) is 30.2 Å². The fourth-order valence-electron chi connectivity index (χ4n) is 4.43. The Morgan fingerprint density at radius 3 is 2.55 bits per heavy atom.